The highest BCUT2D eigenvalue weighted by Crippen LogP contribution is 2.29. The van der Waals surface area contributed by atoms with E-state index < -0.39 is 0 Å². The lowest BCUT2D eigenvalue weighted by Crippen LogP contribution is -2.38. The minimum absolute atomic E-state index is 0.133. The molecule has 0 radical (unpaired) electrons. The Morgan fingerprint density at radius 2 is 2.00 bits per heavy atom. The van der Waals surface area contributed by atoms with Crippen LogP contribution in [0.2, 0.25) is 0 Å². The molecule has 1 heterocycles. The van der Waals surface area contributed by atoms with Crippen molar-refractivity contribution >= 4 is 5.91 Å². The van der Waals surface area contributed by atoms with Gasteiger partial charge in [0, 0.05) is 5.56 Å². The predicted molar refractivity (Wildman–Crippen MR) is 76.0 cm³/mol. The Hall–Kier alpha value is -2.69. The summed E-state index contributed by atoms with van der Waals surface area (Å²) in [6.07, 6.45) is 0.222. The van der Waals surface area contributed by atoms with E-state index in [9.17, 15) is 9.90 Å². The zero-order valence-corrected chi connectivity index (χ0v) is 11.6. The van der Waals surface area contributed by atoms with E-state index in [1.807, 2.05) is 24.3 Å². The topological polar surface area (TPSA) is 59.0 Å². The molecule has 0 unspecified atom stereocenters. The predicted octanol–water partition coefficient (Wildman–Crippen LogP) is 2.28. The Bertz CT molecular complexity index is 666. The molecule has 5 heteroatoms. The molecule has 21 heavy (non-hydrogen) atoms. The van der Waals surface area contributed by atoms with Gasteiger partial charge in [-0.3, -0.25) is 4.79 Å². The zero-order chi connectivity index (χ0) is 14.8. The molecule has 0 aliphatic carbocycles. The number of carbonyl (C=O) groups is 1. The molecule has 2 aromatic rings. The lowest BCUT2D eigenvalue weighted by molar-refractivity contribution is -0.162. The van der Waals surface area contributed by atoms with Crippen molar-refractivity contribution in [3.8, 4) is 17.2 Å². The number of amides is 1. The number of hydrogen-bond donors (Lipinski definition) is 1. The van der Waals surface area contributed by atoms with E-state index in [1.54, 1.807) is 25.3 Å². The number of methoxy groups -OCH3 is 1. The van der Waals surface area contributed by atoms with Gasteiger partial charge >= 0.3 is 0 Å². The Morgan fingerprint density at radius 3 is 2.71 bits per heavy atom. The quantitative estimate of drug-likeness (QED) is 0.940. The highest BCUT2D eigenvalue weighted by molar-refractivity contribution is 5.80. The third kappa shape index (κ3) is 2.76. The first-order valence-electron chi connectivity index (χ1n) is 6.59. The van der Waals surface area contributed by atoms with Crippen LogP contribution >= 0.6 is 0 Å². The van der Waals surface area contributed by atoms with Gasteiger partial charge in [-0.2, -0.15) is 5.06 Å². The van der Waals surface area contributed by atoms with Crippen LogP contribution in [0.5, 0.6) is 17.2 Å². The maximum Gasteiger partial charge on any atom is 0.260 e. The molecule has 1 amide bonds. The molecular weight excluding hydrogens is 270 g/mol. The number of ether oxygens (including phenoxy) is 1. The van der Waals surface area contributed by atoms with Crippen LogP contribution in [0.1, 0.15) is 11.1 Å². The van der Waals surface area contributed by atoms with Crippen LogP contribution in [0.3, 0.4) is 0 Å². The van der Waals surface area contributed by atoms with Crippen LogP contribution in [0.15, 0.2) is 42.5 Å². The fraction of sp³-hybridized carbons (Fsp3) is 0.188. The van der Waals surface area contributed by atoms with Gasteiger partial charge < -0.3 is 14.7 Å². The Kier molecular flexibility index (Phi) is 3.39. The third-order valence-electron chi connectivity index (χ3n) is 3.36. The van der Waals surface area contributed by atoms with Crippen LogP contribution in [0.25, 0.3) is 0 Å². The number of phenols is 1. The monoisotopic (exact) mass is 285 g/mol. The molecule has 1 aliphatic rings. The number of phenolic OH excluding ortho intramolecular Hbond substituents is 1. The molecule has 108 valence electrons. The number of rotatable bonds is 3. The SMILES string of the molecule is COc1ccc(CN2Oc3ccc(O)cc3CC2=O)cc1. The number of hydroxylamine groups is 2. The second-order valence-electron chi connectivity index (χ2n) is 4.84. The summed E-state index contributed by atoms with van der Waals surface area (Å²) in [5.74, 6) is 1.36. The van der Waals surface area contributed by atoms with Crippen molar-refractivity contribution in [2.75, 3.05) is 7.11 Å². The first-order chi connectivity index (χ1) is 10.2. The van der Waals surface area contributed by atoms with Gasteiger partial charge in [0.2, 0.25) is 0 Å². The van der Waals surface area contributed by atoms with E-state index in [4.69, 9.17) is 9.57 Å². The first kappa shape index (κ1) is 13.3. The summed E-state index contributed by atoms with van der Waals surface area (Å²) >= 11 is 0. The van der Waals surface area contributed by atoms with Crippen molar-refractivity contribution < 1.29 is 19.5 Å². The van der Waals surface area contributed by atoms with Crippen molar-refractivity contribution in [3.63, 3.8) is 0 Å². The van der Waals surface area contributed by atoms with Crippen molar-refractivity contribution in [1.82, 2.24) is 5.06 Å². The summed E-state index contributed by atoms with van der Waals surface area (Å²) < 4.78 is 5.10. The summed E-state index contributed by atoms with van der Waals surface area (Å²) in [4.78, 5) is 17.7. The van der Waals surface area contributed by atoms with Crippen LogP contribution in [0.4, 0.5) is 0 Å². The summed E-state index contributed by atoms with van der Waals surface area (Å²) in [6, 6.07) is 12.2. The summed E-state index contributed by atoms with van der Waals surface area (Å²) in [5, 5.41) is 10.8. The van der Waals surface area contributed by atoms with Gasteiger partial charge in [0.15, 0.2) is 5.75 Å². The minimum atomic E-state index is -0.135. The normalized spacial score (nSPS) is 13.6. The van der Waals surface area contributed by atoms with E-state index in [0.29, 0.717) is 17.9 Å². The van der Waals surface area contributed by atoms with Crippen molar-refractivity contribution in [3.05, 3.63) is 53.6 Å². The molecule has 0 bridgehead atoms. The number of hydrogen-bond acceptors (Lipinski definition) is 4. The van der Waals surface area contributed by atoms with Gasteiger partial charge in [-0.1, -0.05) is 12.1 Å². The number of aromatic hydroxyl groups is 1. The molecule has 0 aromatic heterocycles. The molecule has 0 saturated heterocycles. The largest absolute Gasteiger partial charge is 0.508 e. The summed E-state index contributed by atoms with van der Waals surface area (Å²) in [6.45, 7) is 0.364. The molecule has 0 atom stereocenters. The Morgan fingerprint density at radius 1 is 1.24 bits per heavy atom. The van der Waals surface area contributed by atoms with E-state index in [0.717, 1.165) is 11.3 Å². The number of fused-ring (bicyclic) bond motifs is 1. The molecule has 0 fully saturated rings. The van der Waals surface area contributed by atoms with Gasteiger partial charge in [0.25, 0.3) is 5.91 Å². The molecule has 1 aliphatic heterocycles. The molecule has 5 nitrogen and oxygen atoms in total. The summed E-state index contributed by atoms with van der Waals surface area (Å²) in [5.41, 5.74) is 1.65. The van der Waals surface area contributed by atoms with Crippen LogP contribution in [-0.4, -0.2) is 23.2 Å². The number of carbonyl (C=O) groups excluding carboxylic acids is 1. The fourth-order valence-corrected chi connectivity index (χ4v) is 2.23. The molecule has 0 spiro atoms. The first-order valence-corrected chi connectivity index (χ1v) is 6.59. The molecule has 1 N–H and O–H groups in total. The van der Waals surface area contributed by atoms with E-state index >= 15 is 0 Å². The van der Waals surface area contributed by atoms with Gasteiger partial charge in [-0.25, -0.2) is 0 Å². The second-order valence-corrected chi connectivity index (χ2v) is 4.84. The maximum atomic E-state index is 12.1. The van der Waals surface area contributed by atoms with Crippen LogP contribution in [0, 0.1) is 0 Å². The van der Waals surface area contributed by atoms with E-state index in [1.165, 1.54) is 5.06 Å². The van der Waals surface area contributed by atoms with E-state index in [-0.39, 0.29) is 18.1 Å². The average Bonchev–Trinajstić information content (AvgIpc) is 2.49. The smallest absolute Gasteiger partial charge is 0.260 e. The van der Waals surface area contributed by atoms with Crippen LogP contribution < -0.4 is 9.57 Å². The van der Waals surface area contributed by atoms with Crippen molar-refractivity contribution in [2.24, 2.45) is 0 Å². The highest BCUT2D eigenvalue weighted by atomic mass is 16.7. The molecular formula is C16H15NO4. The van der Waals surface area contributed by atoms with Gasteiger partial charge in [-0.15, -0.1) is 0 Å². The lowest BCUT2D eigenvalue weighted by atomic mass is 10.1. The fourth-order valence-electron chi connectivity index (χ4n) is 2.23. The maximum absolute atomic E-state index is 12.1. The standard InChI is InChI=1S/C16H15NO4/c1-20-14-5-2-11(3-6-14)10-17-16(19)9-12-8-13(18)4-7-15(12)21-17/h2-8,18H,9-10H2,1H3. The lowest BCUT2D eigenvalue weighted by Gasteiger charge is -2.28. The molecule has 3 rings (SSSR count). The molecule has 2 aromatic carbocycles. The number of benzene rings is 2. The van der Waals surface area contributed by atoms with Crippen LogP contribution in [-0.2, 0) is 17.8 Å². The van der Waals surface area contributed by atoms with Gasteiger partial charge in [0.1, 0.15) is 11.5 Å². The minimum Gasteiger partial charge on any atom is -0.508 e. The second kappa shape index (κ2) is 5.36. The van der Waals surface area contributed by atoms with E-state index in [2.05, 4.69) is 0 Å². The number of nitrogens with zero attached hydrogens (tertiary/aromatic N) is 1. The van der Waals surface area contributed by atoms with Gasteiger partial charge in [0.05, 0.1) is 20.1 Å². The summed E-state index contributed by atoms with van der Waals surface area (Å²) in [7, 11) is 1.61. The Balaban J connectivity index is 1.77. The van der Waals surface area contributed by atoms with Crippen molar-refractivity contribution in [1.29, 1.82) is 0 Å². The Labute approximate surface area is 122 Å². The molecule has 0 saturated carbocycles. The zero-order valence-electron chi connectivity index (χ0n) is 11.6. The highest BCUT2D eigenvalue weighted by Gasteiger charge is 2.25. The van der Waals surface area contributed by atoms with Gasteiger partial charge in [-0.05, 0) is 35.9 Å². The van der Waals surface area contributed by atoms with Crippen molar-refractivity contribution in [2.45, 2.75) is 13.0 Å². The third-order valence-corrected chi connectivity index (χ3v) is 3.36. The average molecular weight is 285 g/mol.